The van der Waals surface area contributed by atoms with Crippen LogP contribution in [-0.4, -0.2) is 22.6 Å². The molecule has 3 aromatic rings. The molecular formula is C20H19N3O4. The number of ether oxygens (including phenoxy) is 1. The van der Waals surface area contributed by atoms with Gasteiger partial charge in [-0.05, 0) is 36.2 Å². The molecule has 7 nitrogen and oxygen atoms in total. The SMILES string of the molecule is CCc1ccc(NC(=O)c2c[nH]c(=O)n(-c3cccc(OC)c3)c2=O)cc1. The lowest BCUT2D eigenvalue weighted by atomic mass is 10.1. The van der Waals surface area contributed by atoms with E-state index in [1.165, 1.54) is 7.11 Å². The van der Waals surface area contributed by atoms with Crippen LogP contribution in [0.2, 0.25) is 0 Å². The third-order valence-corrected chi connectivity index (χ3v) is 4.15. The molecule has 0 radical (unpaired) electrons. The van der Waals surface area contributed by atoms with Gasteiger partial charge >= 0.3 is 5.69 Å². The van der Waals surface area contributed by atoms with Gasteiger partial charge in [0.2, 0.25) is 0 Å². The Kier molecular flexibility index (Phi) is 5.21. The molecular weight excluding hydrogens is 346 g/mol. The second kappa shape index (κ2) is 7.74. The quantitative estimate of drug-likeness (QED) is 0.726. The number of methoxy groups -OCH3 is 1. The van der Waals surface area contributed by atoms with Gasteiger partial charge in [-0.3, -0.25) is 9.59 Å². The van der Waals surface area contributed by atoms with E-state index in [0.29, 0.717) is 17.1 Å². The van der Waals surface area contributed by atoms with Crippen molar-refractivity contribution in [1.82, 2.24) is 9.55 Å². The van der Waals surface area contributed by atoms with Crippen LogP contribution in [-0.2, 0) is 6.42 Å². The summed E-state index contributed by atoms with van der Waals surface area (Å²) in [4.78, 5) is 39.9. The molecule has 2 N–H and O–H groups in total. The van der Waals surface area contributed by atoms with Crippen molar-refractivity contribution < 1.29 is 9.53 Å². The van der Waals surface area contributed by atoms with Gasteiger partial charge in [0, 0.05) is 18.0 Å². The van der Waals surface area contributed by atoms with Crippen molar-refractivity contribution in [3.63, 3.8) is 0 Å². The zero-order chi connectivity index (χ0) is 19.4. The van der Waals surface area contributed by atoms with Gasteiger partial charge in [0.05, 0.1) is 12.8 Å². The van der Waals surface area contributed by atoms with E-state index in [1.54, 1.807) is 36.4 Å². The number of benzene rings is 2. The lowest BCUT2D eigenvalue weighted by Crippen LogP contribution is -2.38. The Balaban J connectivity index is 1.97. The smallest absolute Gasteiger partial charge is 0.333 e. The van der Waals surface area contributed by atoms with Gasteiger partial charge in [-0.1, -0.05) is 25.1 Å². The number of hydrogen-bond donors (Lipinski definition) is 2. The standard InChI is InChI=1S/C20H19N3O4/c1-3-13-7-9-14(10-8-13)22-18(24)17-12-21-20(26)23(19(17)25)15-5-4-6-16(11-15)27-2/h4-12H,3H2,1-2H3,(H,21,26)(H,22,24). The maximum absolute atomic E-state index is 12.8. The van der Waals surface area contributed by atoms with Crippen LogP contribution >= 0.6 is 0 Å². The Morgan fingerprint density at radius 3 is 2.56 bits per heavy atom. The van der Waals surface area contributed by atoms with Crippen molar-refractivity contribution in [2.45, 2.75) is 13.3 Å². The van der Waals surface area contributed by atoms with E-state index < -0.39 is 17.2 Å². The van der Waals surface area contributed by atoms with Gasteiger partial charge in [-0.2, -0.15) is 0 Å². The summed E-state index contributed by atoms with van der Waals surface area (Å²) >= 11 is 0. The highest BCUT2D eigenvalue weighted by atomic mass is 16.5. The number of carbonyl (C=O) groups excluding carboxylic acids is 1. The minimum atomic E-state index is -0.713. The fourth-order valence-corrected chi connectivity index (χ4v) is 2.64. The number of H-pyrrole nitrogens is 1. The van der Waals surface area contributed by atoms with Crippen molar-refractivity contribution >= 4 is 11.6 Å². The number of hydrogen-bond acceptors (Lipinski definition) is 4. The maximum atomic E-state index is 12.8. The molecule has 0 aliphatic rings. The minimum absolute atomic E-state index is 0.169. The van der Waals surface area contributed by atoms with Crippen molar-refractivity contribution in [1.29, 1.82) is 0 Å². The number of aryl methyl sites for hydroxylation is 1. The van der Waals surface area contributed by atoms with Crippen LogP contribution in [0.5, 0.6) is 5.75 Å². The lowest BCUT2D eigenvalue weighted by Gasteiger charge is -2.09. The maximum Gasteiger partial charge on any atom is 0.333 e. The van der Waals surface area contributed by atoms with E-state index in [0.717, 1.165) is 22.7 Å². The molecule has 0 unspecified atom stereocenters. The second-order valence-corrected chi connectivity index (χ2v) is 5.85. The molecule has 1 aromatic heterocycles. The highest BCUT2D eigenvalue weighted by molar-refractivity contribution is 6.03. The van der Waals surface area contributed by atoms with Gasteiger partial charge in [0.25, 0.3) is 11.5 Å². The summed E-state index contributed by atoms with van der Waals surface area (Å²) < 4.78 is 6.03. The van der Waals surface area contributed by atoms with E-state index in [-0.39, 0.29) is 5.56 Å². The van der Waals surface area contributed by atoms with Crippen molar-refractivity contribution in [2.75, 3.05) is 12.4 Å². The molecule has 0 bridgehead atoms. The highest BCUT2D eigenvalue weighted by Crippen LogP contribution is 2.14. The molecule has 0 spiro atoms. The van der Waals surface area contributed by atoms with E-state index >= 15 is 0 Å². The lowest BCUT2D eigenvalue weighted by molar-refractivity contribution is 0.102. The minimum Gasteiger partial charge on any atom is -0.497 e. The summed E-state index contributed by atoms with van der Waals surface area (Å²) in [6.45, 7) is 2.04. The first kappa shape index (κ1) is 18.2. The van der Waals surface area contributed by atoms with E-state index in [1.807, 2.05) is 19.1 Å². The third kappa shape index (κ3) is 3.82. The molecule has 27 heavy (non-hydrogen) atoms. The number of aromatic amines is 1. The van der Waals surface area contributed by atoms with Crippen LogP contribution in [0.25, 0.3) is 5.69 Å². The molecule has 0 aliphatic heterocycles. The predicted molar refractivity (Wildman–Crippen MR) is 103 cm³/mol. The Hall–Kier alpha value is -3.61. The molecule has 0 saturated heterocycles. The van der Waals surface area contributed by atoms with Gasteiger partial charge in [-0.25, -0.2) is 9.36 Å². The van der Waals surface area contributed by atoms with Crippen LogP contribution in [0.1, 0.15) is 22.8 Å². The number of rotatable bonds is 5. The molecule has 7 heteroatoms. The number of nitrogens with one attached hydrogen (secondary N) is 2. The van der Waals surface area contributed by atoms with Crippen LogP contribution in [0.3, 0.4) is 0 Å². The predicted octanol–water partition coefficient (Wildman–Crippen LogP) is 2.35. The summed E-state index contributed by atoms with van der Waals surface area (Å²) in [5.41, 5.74) is 0.486. The normalized spacial score (nSPS) is 10.4. The van der Waals surface area contributed by atoms with Crippen LogP contribution in [0, 0.1) is 0 Å². The largest absolute Gasteiger partial charge is 0.497 e. The first-order valence-electron chi connectivity index (χ1n) is 8.43. The third-order valence-electron chi connectivity index (χ3n) is 4.15. The molecule has 0 saturated carbocycles. The van der Waals surface area contributed by atoms with Crippen molar-refractivity contribution in [3.8, 4) is 11.4 Å². The van der Waals surface area contributed by atoms with Crippen LogP contribution in [0.4, 0.5) is 5.69 Å². The van der Waals surface area contributed by atoms with Crippen molar-refractivity contribution in [3.05, 3.63) is 86.7 Å². The summed E-state index contributed by atoms with van der Waals surface area (Å²) in [5.74, 6) is -0.109. The van der Waals surface area contributed by atoms with E-state index in [4.69, 9.17) is 4.74 Å². The highest BCUT2D eigenvalue weighted by Gasteiger charge is 2.16. The average molecular weight is 365 g/mol. The molecule has 0 aliphatic carbocycles. The Labute approximate surface area is 155 Å². The summed E-state index contributed by atoms with van der Waals surface area (Å²) in [7, 11) is 1.49. The molecule has 3 rings (SSSR count). The fraction of sp³-hybridized carbons (Fsp3) is 0.150. The van der Waals surface area contributed by atoms with E-state index in [2.05, 4.69) is 10.3 Å². The number of aromatic nitrogens is 2. The van der Waals surface area contributed by atoms with Gasteiger partial charge in [0.15, 0.2) is 0 Å². The van der Waals surface area contributed by atoms with Gasteiger partial charge < -0.3 is 15.0 Å². The van der Waals surface area contributed by atoms with Gasteiger partial charge in [0.1, 0.15) is 11.3 Å². The molecule has 2 aromatic carbocycles. The Morgan fingerprint density at radius 2 is 1.89 bits per heavy atom. The fourth-order valence-electron chi connectivity index (χ4n) is 2.64. The number of anilines is 1. The number of amides is 1. The second-order valence-electron chi connectivity index (χ2n) is 5.85. The summed E-state index contributed by atoms with van der Waals surface area (Å²) in [6, 6.07) is 13.8. The zero-order valence-electron chi connectivity index (χ0n) is 15.0. The first-order chi connectivity index (χ1) is 13.0. The first-order valence-corrected chi connectivity index (χ1v) is 8.43. The Morgan fingerprint density at radius 1 is 1.15 bits per heavy atom. The monoisotopic (exact) mass is 365 g/mol. The molecule has 0 atom stereocenters. The summed E-state index contributed by atoms with van der Waals surface area (Å²) in [5, 5.41) is 2.67. The number of nitrogens with zero attached hydrogens (tertiary/aromatic N) is 1. The van der Waals surface area contributed by atoms with Gasteiger partial charge in [-0.15, -0.1) is 0 Å². The summed E-state index contributed by atoms with van der Waals surface area (Å²) in [6.07, 6.45) is 2.01. The zero-order valence-corrected chi connectivity index (χ0v) is 15.0. The topological polar surface area (TPSA) is 93.2 Å². The van der Waals surface area contributed by atoms with E-state index in [9.17, 15) is 14.4 Å². The van der Waals surface area contributed by atoms with Crippen LogP contribution in [0.15, 0.2) is 64.3 Å². The van der Waals surface area contributed by atoms with Crippen molar-refractivity contribution in [2.24, 2.45) is 0 Å². The molecule has 1 heterocycles. The number of carbonyl (C=O) groups is 1. The molecule has 0 fully saturated rings. The molecule has 138 valence electrons. The molecule has 1 amide bonds. The Bertz CT molecular complexity index is 1080. The average Bonchev–Trinajstić information content (AvgIpc) is 2.68. The van der Waals surface area contributed by atoms with Crippen LogP contribution < -0.4 is 21.3 Å².